The second-order valence-electron chi connectivity index (χ2n) is 9.42. The summed E-state index contributed by atoms with van der Waals surface area (Å²) in [4.78, 5) is 12.4. The van der Waals surface area contributed by atoms with E-state index in [1.54, 1.807) is 0 Å². The van der Waals surface area contributed by atoms with Crippen LogP contribution < -0.4 is 10.1 Å². The molecule has 0 aliphatic carbocycles. The van der Waals surface area contributed by atoms with Crippen LogP contribution in [-0.4, -0.2) is 29.8 Å². The highest BCUT2D eigenvalue weighted by atomic mass is 19.1. The predicted octanol–water partition coefficient (Wildman–Crippen LogP) is 5.34. The molecule has 0 spiro atoms. The standard InChI is InChI=1S/C25H30FNO4/c1-13-11-19-16(8-9-27-19)21(20(13)23(24(28)29)31-25(3,4)5)17-12-18(26)22-15(14(17)2)7-6-10-30-22/h11-12,23,27H,6-10H2,1-5H3,(H,28,29)/t23-/m0/s1. The van der Waals surface area contributed by atoms with Crippen LogP contribution in [0.4, 0.5) is 10.1 Å². The number of aliphatic carboxylic acids is 1. The number of ether oxygens (including phenoxy) is 2. The number of benzene rings is 2. The monoisotopic (exact) mass is 427 g/mol. The first-order valence-corrected chi connectivity index (χ1v) is 10.8. The van der Waals surface area contributed by atoms with Gasteiger partial charge in [0.05, 0.1) is 12.2 Å². The third-order valence-electron chi connectivity index (χ3n) is 6.04. The Hall–Kier alpha value is -2.60. The molecule has 0 amide bonds. The summed E-state index contributed by atoms with van der Waals surface area (Å²) in [6, 6.07) is 3.49. The predicted molar refractivity (Wildman–Crippen MR) is 119 cm³/mol. The van der Waals surface area contributed by atoms with Crippen LogP contribution in [0.25, 0.3) is 11.1 Å². The quantitative estimate of drug-likeness (QED) is 0.689. The number of anilines is 1. The largest absolute Gasteiger partial charge is 0.490 e. The van der Waals surface area contributed by atoms with E-state index >= 15 is 4.39 Å². The lowest BCUT2D eigenvalue weighted by Crippen LogP contribution is -2.28. The van der Waals surface area contributed by atoms with Crippen molar-refractivity contribution in [3.8, 4) is 16.9 Å². The normalized spacial score (nSPS) is 16.2. The van der Waals surface area contributed by atoms with E-state index in [-0.39, 0.29) is 0 Å². The van der Waals surface area contributed by atoms with Crippen molar-refractivity contribution in [3.05, 3.63) is 45.8 Å². The lowest BCUT2D eigenvalue weighted by atomic mass is 9.83. The van der Waals surface area contributed by atoms with Crippen molar-refractivity contribution >= 4 is 11.7 Å². The average molecular weight is 428 g/mol. The number of nitrogens with one attached hydrogen (secondary N) is 1. The summed E-state index contributed by atoms with van der Waals surface area (Å²) >= 11 is 0. The van der Waals surface area contributed by atoms with Crippen LogP contribution in [-0.2, 0) is 22.4 Å². The minimum absolute atomic E-state index is 0.331. The van der Waals surface area contributed by atoms with Gasteiger partial charge in [-0.1, -0.05) is 0 Å². The molecule has 0 unspecified atom stereocenters. The minimum Gasteiger partial charge on any atom is -0.490 e. The van der Waals surface area contributed by atoms with Crippen molar-refractivity contribution in [2.45, 2.75) is 65.6 Å². The summed E-state index contributed by atoms with van der Waals surface area (Å²) < 4.78 is 26.8. The maximum Gasteiger partial charge on any atom is 0.337 e. The number of rotatable bonds is 4. The Morgan fingerprint density at radius 3 is 2.65 bits per heavy atom. The summed E-state index contributed by atoms with van der Waals surface area (Å²) in [5, 5.41) is 13.5. The van der Waals surface area contributed by atoms with E-state index in [0.717, 1.165) is 64.9 Å². The first kappa shape index (κ1) is 21.6. The van der Waals surface area contributed by atoms with Crippen molar-refractivity contribution in [2.75, 3.05) is 18.5 Å². The molecule has 0 bridgehead atoms. The van der Waals surface area contributed by atoms with E-state index in [2.05, 4.69) is 5.32 Å². The molecule has 0 aromatic heterocycles. The van der Waals surface area contributed by atoms with Crippen LogP contribution >= 0.6 is 0 Å². The zero-order valence-corrected chi connectivity index (χ0v) is 18.8. The highest BCUT2D eigenvalue weighted by molar-refractivity contribution is 5.88. The van der Waals surface area contributed by atoms with Crippen LogP contribution in [0.15, 0.2) is 12.1 Å². The number of fused-ring (bicyclic) bond motifs is 2. The molecule has 4 rings (SSSR count). The fraction of sp³-hybridized carbons (Fsp3) is 0.480. The molecule has 2 aromatic rings. The van der Waals surface area contributed by atoms with E-state index in [4.69, 9.17) is 9.47 Å². The van der Waals surface area contributed by atoms with Crippen molar-refractivity contribution in [2.24, 2.45) is 0 Å². The lowest BCUT2D eigenvalue weighted by Gasteiger charge is -2.30. The minimum atomic E-state index is -1.16. The van der Waals surface area contributed by atoms with Crippen LogP contribution in [0.1, 0.15) is 61.1 Å². The zero-order valence-electron chi connectivity index (χ0n) is 18.8. The number of aryl methyl sites for hydroxylation is 1. The van der Waals surface area contributed by atoms with E-state index < -0.39 is 23.5 Å². The molecular formula is C25H30FNO4. The summed E-state index contributed by atoms with van der Waals surface area (Å²) in [7, 11) is 0. The van der Waals surface area contributed by atoms with Gasteiger partial charge in [0, 0.05) is 23.4 Å². The first-order valence-electron chi connectivity index (χ1n) is 10.8. The molecule has 2 aliphatic rings. The highest BCUT2D eigenvalue weighted by Gasteiger charge is 2.34. The molecule has 1 atom stereocenters. The van der Waals surface area contributed by atoms with Gasteiger partial charge in [0.1, 0.15) is 0 Å². The molecule has 0 fully saturated rings. The Bertz CT molecular complexity index is 1050. The Kier molecular flexibility index (Phi) is 5.46. The molecule has 2 aliphatic heterocycles. The zero-order chi connectivity index (χ0) is 22.5. The fourth-order valence-electron chi connectivity index (χ4n) is 4.76. The molecule has 0 saturated carbocycles. The molecule has 31 heavy (non-hydrogen) atoms. The second-order valence-corrected chi connectivity index (χ2v) is 9.42. The van der Waals surface area contributed by atoms with E-state index in [1.165, 1.54) is 6.07 Å². The van der Waals surface area contributed by atoms with E-state index in [0.29, 0.717) is 17.9 Å². The molecule has 166 valence electrons. The maximum absolute atomic E-state index is 15.1. The smallest absolute Gasteiger partial charge is 0.337 e. The Morgan fingerprint density at radius 2 is 1.97 bits per heavy atom. The molecular weight excluding hydrogens is 397 g/mol. The van der Waals surface area contributed by atoms with Crippen LogP contribution in [0.3, 0.4) is 0 Å². The number of carboxylic acids is 1. The van der Waals surface area contributed by atoms with Gasteiger partial charge in [-0.25, -0.2) is 9.18 Å². The van der Waals surface area contributed by atoms with Gasteiger partial charge >= 0.3 is 5.97 Å². The van der Waals surface area contributed by atoms with Gasteiger partial charge in [0.25, 0.3) is 0 Å². The molecule has 0 saturated heterocycles. The van der Waals surface area contributed by atoms with Crippen LogP contribution in [0.2, 0.25) is 0 Å². The van der Waals surface area contributed by atoms with Crippen LogP contribution in [0.5, 0.6) is 5.75 Å². The van der Waals surface area contributed by atoms with Gasteiger partial charge < -0.3 is 19.9 Å². The lowest BCUT2D eigenvalue weighted by molar-refractivity contribution is -0.160. The van der Waals surface area contributed by atoms with Gasteiger partial charge in [0.2, 0.25) is 0 Å². The molecule has 2 heterocycles. The maximum atomic E-state index is 15.1. The number of halogens is 1. The number of hydrogen-bond acceptors (Lipinski definition) is 4. The highest BCUT2D eigenvalue weighted by Crippen LogP contribution is 2.46. The van der Waals surface area contributed by atoms with Gasteiger partial charge in [-0.05, 0) is 93.8 Å². The van der Waals surface area contributed by atoms with Crippen molar-refractivity contribution in [1.29, 1.82) is 0 Å². The molecule has 6 heteroatoms. The summed E-state index contributed by atoms with van der Waals surface area (Å²) in [6.07, 6.45) is 1.17. The SMILES string of the molecule is Cc1cc2c(c(-c3cc(F)c4c(c3C)CCCO4)c1[C@H](OC(C)(C)C)C(=O)O)CCN2. The molecule has 2 aromatic carbocycles. The van der Waals surface area contributed by atoms with Crippen molar-refractivity contribution in [3.63, 3.8) is 0 Å². The molecule has 5 nitrogen and oxygen atoms in total. The number of hydrogen-bond donors (Lipinski definition) is 2. The van der Waals surface area contributed by atoms with Gasteiger partial charge in [-0.2, -0.15) is 0 Å². The third kappa shape index (κ3) is 3.89. The summed E-state index contributed by atoms with van der Waals surface area (Å²) in [6.45, 7) is 10.7. The first-order chi connectivity index (χ1) is 14.6. The van der Waals surface area contributed by atoms with Crippen LogP contribution in [0, 0.1) is 19.7 Å². The van der Waals surface area contributed by atoms with Crippen molar-refractivity contribution in [1.82, 2.24) is 0 Å². The molecule has 2 N–H and O–H groups in total. The van der Waals surface area contributed by atoms with Gasteiger partial charge in [-0.3, -0.25) is 0 Å². The summed E-state index contributed by atoms with van der Waals surface area (Å²) in [5.41, 5.74) is 6.07. The van der Waals surface area contributed by atoms with E-state index in [1.807, 2.05) is 40.7 Å². The Morgan fingerprint density at radius 1 is 1.23 bits per heavy atom. The van der Waals surface area contributed by atoms with Gasteiger partial charge in [-0.15, -0.1) is 0 Å². The van der Waals surface area contributed by atoms with E-state index in [9.17, 15) is 9.90 Å². The second kappa shape index (κ2) is 7.83. The third-order valence-corrected chi connectivity index (χ3v) is 6.04. The average Bonchev–Trinajstić information content (AvgIpc) is 3.15. The topological polar surface area (TPSA) is 67.8 Å². The Balaban J connectivity index is 2.03. The fourth-order valence-corrected chi connectivity index (χ4v) is 4.76. The van der Waals surface area contributed by atoms with Gasteiger partial charge in [0.15, 0.2) is 17.7 Å². The summed E-state index contributed by atoms with van der Waals surface area (Å²) in [5.74, 6) is -1.12. The molecule has 0 radical (unpaired) electrons. The number of carbonyl (C=O) groups is 1. The van der Waals surface area contributed by atoms with Crippen molar-refractivity contribution < 1.29 is 23.8 Å². The Labute approximate surface area is 182 Å². The number of carboxylic acid groups (broad SMARTS) is 1.